The number of fused-ring (bicyclic) bond motifs is 2. The Morgan fingerprint density at radius 3 is 1.39 bits per heavy atom. The van der Waals surface area contributed by atoms with E-state index in [-0.39, 0.29) is 42.0 Å². The van der Waals surface area contributed by atoms with Crippen molar-refractivity contribution >= 4 is 62.8 Å². The van der Waals surface area contributed by atoms with Crippen LogP contribution in [-0.2, 0) is 49.6 Å². The number of ether oxygens (including phenoxy) is 2. The van der Waals surface area contributed by atoms with Crippen molar-refractivity contribution in [2.24, 2.45) is 10.3 Å². The van der Waals surface area contributed by atoms with Crippen LogP contribution >= 0.6 is 22.7 Å². The molecule has 46 heavy (non-hydrogen) atoms. The molecule has 264 valence electrons. The number of rotatable bonds is 14. The largest absolute Gasteiger partial charge is 0.385 e. The molecule has 0 aromatic carbocycles. The lowest BCUT2D eigenvalue weighted by molar-refractivity contribution is 0.185. The maximum absolute atomic E-state index is 12.7. The van der Waals surface area contributed by atoms with E-state index >= 15 is 0 Å². The number of hydrogen-bond donors (Lipinski definition) is 4. The minimum Gasteiger partial charge on any atom is -0.385 e. The molecule has 0 saturated heterocycles. The molecule has 2 atom stereocenters. The van der Waals surface area contributed by atoms with E-state index in [1.807, 2.05) is 13.8 Å². The zero-order valence-electron chi connectivity index (χ0n) is 26.0. The number of nitrogens with one attached hydrogen (secondary N) is 2. The summed E-state index contributed by atoms with van der Waals surface area (Å²) in [6, 6.07) is 2.22. The van der Waals surface area contributed by atoms with Crippen LogP contribution < -0.4 is 20.9 Å². The highest BCUT2D eigenvalue weighted by molar-refractivity contribution is 7.94. The lowest BCUT2D eigenvalue weighted by Crippen LogP contribution is -2.43. The number of sulfonamides is 4. The normalized spacial score (nSPS) is 21.3. The van der Waals surface area contributed by atoms with Crippen molar-refractivity contribution in [3.05, 3.63) is 23.3 Å². The van der Waals surface area contributed by atoms with Crippen LogP contribution in [0.15, 0.2) is 29.0 Å². The summed E-state index contributed by atoms with van der Waals surface area (Å²) < 4.78 is 110. The van der Waals surface area contributed by atoms with Crippen LogP contribution in [0, 0.1) is 0 Å². The van der Waals surface area contributed by atoms with Crippen LogP contribution in [0.2, 0.25) is 0 Å². The van der Waals surface area contributed by atoms with Gasteiger partial charge in [-0.3, -0.25) is 0 Å². The first-order valence-electron chi connectivity index (χ1n) is 14.2. The first-order valence-corrected chi connectivity index (χ1v) is 21.8. The lowest BCUT2D eigenvalue weighted by atomic mass is 10.1. The monoisotopic (exact) mass is 766 g/mol. The minimum atomic E-state index is -3.94. The molecule has 16 nitrogen and oxygen atoms in total. The van der Waals surface area contributed by atoms with Gasteiger partial charge in [0.15, 0.2) is 0 Å². The van der Waals surface area contributed by atoms with Gasteiger partial charge in [-0.1, -0.05) is 13.8 Å². The Kier molecular flexibility index (Phi) is 13.7. The molecule has 0 aliphatic carbocycles. The zero-order valence-corrected chi connectivity index (χ0v) is 30.9. The van der Waals surface area contributed by atoms with Gasteiger partial charge >= 0.3 is 0 Å². The summed E-state index contributed by atoms with van der Waals surface area (Å²) >= 11 is 1.42. The summed E-state index contributed by atoms with van der Waals surface area (Å²) in [7, 11) is -12.2. The number of likely N-dealkylation sites (N-methyl/N-ethyl adjacent to an activating group) is 2. The zero-order chi connectivity index (χ0) is 34.5. The fraction of sp³-hybridized carbons (Fsp3) is 0.667. The Balaban J connectivity index is 0.000000250. The predicted molar refractivity (Wildman–Crippen MR) is 175 cm³/mol. The van der Waals surface area contributed by atoms with Gasteiger partial charge in [0.1, 0.15) is 16.8 Å². The summed E-state index contributed by atoms with van der Waals surface area (Å²) in [5.74, 6) is 0. The molecule has 2 aliphatic rings. The Morgan fingerprint density at radius 2 is 1.11 bits per heavy atom. The van der Waals surface area contributed by atoms with Crippen molar-refractivity contribution in [3.8, 4) is 0 Å². The SMILES string of the molecule is CCN[C@H]1CN(CCCOC)S(=O)(=O)c2sc(S(N)(=O)=O)cc21.CCN[C@H]1CN(CCCOC)S(=O)(=O)c2sc(S(N)(=O)=O)cc21. The van der Waals surface area contributed by atoms with Crippen LogP contribution in [0.1, 0.15) is 49.9 Å². The van der Waals surface area contributed by atoms with Crippen molar-refractivity contribution in [2.45, 2.75) is 55.6 Å². The van der Waals surface area contributed by atoms with Crippen molar-refractivity contribution in [2.75, 3.05) is 66.7 Å². The van der Waals surface area contributed by atoms with Gasteiger partial charge in [-0.2, -0.15) is 8.61 Å². The molecular weight excluding hydrogens is 725 g/mol. The van der Waals surface area contributed by atoms with Gasteiger partial charge in [0.2, 0.25) is 20.0 Å². The first-order chi connectivity index (χ1) is 21.4. The number of hydrogen-bond acceptors (Lipinski definition) is 14. The summed E-state index contributed by atoms with van der Waals surface area (Å²) in [5, 5.41) is 16.7. The second-order valence-electron chi connectivity index (χ2n) is 10.3. The van der Waals surface area contributed by atoms with Gasteiger partial charge < -0.3 is 20.1 Å². The molecule has 22 heteroatoms. The average Bonchev–Trinajstić information content (AvgIpc) is 3.62. The van der Waals surface area contributed by atoms with Crippen LogP contribution in [-0.4, -0.2) is 109 Å². The predicted octanol–water partition coefficient (Wildman–Crippen LogP) is 0.174. The highest BCUT2D eigenvalue weighted by Gasteiger charge is 2.41. The van der Waals surface area contributed by atoms with E-state index in [1.54, 1.807) is 14.2 Å². The quantitative estimate of drug-likeness (QED) is 0.188. The lowest BCUT2D eigenvalue weighted by Gasteiger charge is -2.32. The third-order valence-corrected chi connectivity index (χ3v) is 17.0. The second kappa shape index (κ2) is 16.1. The number of thiophene rings is 2. The molecule has 0 amide bonds. The van der Waals surface area contributed by atoms with Gasteiger partial charge in [0.05, 0.1) is 0 Å². The molecule has 4 rings (SSSR count). The molecule has 0 bridgehead atoms. The summed E-state index contributed by atoms with van der Waals surface area (Å²) in [6.45, 7) is 7.15. The van der Waals surface area contributed by atoms with Crippen LogP contribution in [0.25, 0.3) is 0 Å². The highest BCUT2D eigenvalue weighted by Crippen LogP contribution is 2.41. The molecule has 4 heterocycles. The highest BCUT2D eigenvalue weighted by atomic mass is 32.3. The molecule has 2 aromatic rings. The van der Waals surface area contributed by atoms with Crippen molar-refractivity contribution in [3.63, 3.8) is 0 Å². The maximum atomic E-state index is 12.7. The van der Waals surface area contributed by atoms with Gasteiger partial charge in [0, 0.05) is 76.8 Å². The molecule has 2 aromatic heterocycles. The Labute approximate surface area is 279 Å². The fourth-order valence-corrected chi connectivity index (χ4v) is 13.6. The molecule has 0 saturated carbocycles. The van der Waals surface area contributed by atoms with Crippen molar-refractivity contribution in [1.82, 2.24) is 19.2 Å². The molecule has 0 spiro atoms. The van der Waals surface area contributed by atoms with Crippen molar-refractivity contribution in [1.29, 1.82) is 0 Å². The minimum absolute atomic E-state index is 0.0520. The van der Waals surface area contributed by atoms with E-state index in [0.29, 0.717) is 86.0 Å². The van der Waals surface area contributed by atoms with Crippen molar-refractivity contribution < 1.29 is 43.1 Å². The van der Waals surface area contributed by atoms with Gasteiger partial charge in [0.25, 0.3) is 20.0 Å². The van der Waals surface area contributed by atoms with E-state index < -0.39 is 40.1 Å². The van der Waals surface area contributed by atoms with Crippen LogP contribution in [0.3, 0.4) is 0 Å². The van der Waals surface area contributed by atoms with E-state index in [9.17, 15) is 33.7 Å². The van der Waals surface area contributed by atoms with E-state index in [4.69, 9.17) is 19.8 Å². The average molecular weight is 767 g/mol. The van der Waals surface area contributed by atoms with Crippen LogP contribution in [0.5, 0.6) is 0 Å². The topological polar surface area (TPSA) is 238 Å². The number of nitrogens with two attached hydrogens (primary N) is 2. The number of nitrogens with zero attached hydrogens (tertiary/aromatic N) is 2. The Hall–Kier alpha value is -1.12. The molecule has 0 unspecified atom stereocenters. The van der Waals surface area contributed by atoms with Gasteiger partial charge in [-0.15, -0.1) is 22.7 Å². The van der Waals surface area contributed by atoms with Crippen LogP contribution in [0.4, 0.5) is 0 Å². The molecular formula is C24H42N6O10S6. The van der Waals surface area contributed by atoms with E-state index in [0.717, 1.165) is 0 Å². The van der Waals surface area contributed by atoms with E-state index in [1.165, 1.54) is 20.7 Å². The van der Waals surface area contributed by atoms with Gasteiger partial charge in [-0.05, 0) is 38.1 Å². The summed E-state index contributed by atoms with van der Waals surface area (Å²) in [4.78, 5) is 0. The third kappa shape index (κ3) is 9.11. The molecule has 0 radical (unpaired) electrons. The standard InChI is InChI=1S/2C12H21N3O5S3/c2*1-3-14-10-8-15(5-4-6-20-2)23(18,19)12-9(10)7-11(21-12)22(13,16)17/h2*7,10,14H,3-6,8H2,1-2H3,(H2,13,16,17)/t2*10-/m00/s1. The second-order valence-corrected chi connectivity index (χ2v) is 20.3. The smallest absolute Gasteiger partial charge is 0.252 e. The molecule has 2 aliphatic heterocycles. The Morgan fingerprint density at radius 1 is 0.761 bits per heavy atom. The first kappa shape index (κ1) is 39.3. The molecule has 6 N–H and O–H groups in total. The Bertz CT molecular complexity index is 1640. The summed E-state index contributed by atoms with van der Waals surface area (Å²) in [5.41, 5.74) is 0.952. The maximum Gasteiger partial charge on any atom is 0.252 e. The fourth-order valence-electron chi connectivity index (χ4n) is 4.97. The number of methoxy groups -OCH3 is 2. The number of primary sulfonamides is 2. The third-order valence-electron chi connectivity index (χ3n) is 7.05. The molecule has 0 fully saturated rings. The van der Waals surface area contributed by atoms with E-state index in [2.05, 4.69) is 10.6 Å². The van der Waals surface area contributed by atoms with Gasteiger partial charge in [-0.25, -0.2) is 43.9 Å². The summed E-state index contributed by atoms with van der Waals surface area (Å²) in [6.07, 6.45) is 1.13.